The van der Waals surface area contributed by atoms with Crippen LogP contribution in [0.15, 0.2) is 48.8 Å². The fourth-order valence-corrected chi connectivity index (χ4v) is 4.54. The van der Waals surface area contributed by atoms with Gasteiger partial charge in [-0.15, -0.1) is 0 Å². The van der Waals surface area contributed by atoms with Gasteiger partial charge in [0.2, 0.25) is 0 Å². The summed E-state index contributed by atoms with van der Waals surface area (Å²) in [6, 6.07) is 10.2. The maximum atomic E-state index is 12.4. The number of carbonyl (C=O) groups is 2. The highest BCUT2D eigenvalue weighted by Crippen LogP contribution is 2.45. The Bertz CT molecular complexity index is 858. The molecular weight excluding hydrogens is 380 g/mol. The van der Waals surface area contributed by atoms with Crippen molar-refractivity contribution in [2.75, 3.05) is 17.2 Å². The van der Waals surface area contributed by atoms with Crippen molar-refractivity contribution in [2.24, 2.45) is 10.8 Å². The fraction of sp³-hybridized carbons (Fsp3) is 0.455. The number of carbonyl (C=O) groups excluding carboxylic acids is 2. The first kappa shape index (κ1) is 21.5. The number of aromatic nitrogens is 2. The minimum Gasteiger partial charge on any atom is -0.337 e. The Morgan fingerprint density at radius 2 is 1.53 bits per heavy atom. The van der Waals surface area contributed by atoms with Crippen molar-refractivity contribution in [1.29, 1.82) is 0 Å². The molecule has 2 atom stereocenters. The van der Waals surface area contributed by atoms with E-state index in [2.05, 4.69) is 52.0 Å². The zero-order chi connectivity index (χ0) is 21.6. The minimum atomic E-state index is -0.282. The third-order valence-corrected chi connectivity index (χ3v) is 5.27. The van der Waals surface area contributed by atoms with Gasteiger partial charge in [-0.1, -0.05) is 32.9 Å². The van der Waals surface area contributed by atoms with Gasteiger partial charge in [0.05, 0.1) is 0 Å². The molecule has 0 spiro atoms. The van der Waals surface area contributed by atoms with Gasteiger partial charge in [-0.05, 0) is 54.4 Å². The molecule has 4 N–H and O–H groups in total. The number of pyridine rings is 2. The van der Waals surface area contributed by atoms with E-state index in [4.69, 9.17) is 0 Å². The van der Waals surface area contributed by atoms with Crippen molar-refractivity contribution >= 4 is 23.7 Å². The van der Waals surface area contributed by atoms with E-state index in [-0.39, 0.29) is 28.9 Å². The molecule has 0 radical (unpaired) electrons. The number of rotatable bonds is 5. The molecule has 2 aromatic rings. The smallest absolute Gasteiger partial charge is 0.320 e. The Kier molecular flexibility index (Phi) is 6.54. The molecule has 8 heteroatoms. The number of hydrogen-bond donors (Lipinski definition) is 4. The van der Waals surface area contributed by atoms with Crippen molar-refractivity contribution in [1.82, 2.24) is 20.6 Å². The van der Waals surface area contributed by atoms with Crippen LogP contribution in [-0.2, 0) is 0 Å². The van der Waals surface area contributed by atoms with Gasteiger partial charge in [-0.25, -0.2) is 19.6 Å². The second-order valence-corrected chi connectivity index (χ2v) is 9.09. The molecule has 160 valence electrons. The summed E-state index contributed by atoms with van der Waals surface area (Å²) in [5.41, 5.74) is -0.110. The summed E-state index contributed by atoms with van der Waals surface area (Å²) in [5, 5.41) is 11.6. The number of hydrogen-bond acceptors (Lipinski definition) is 4. The minimum absolute atomic E-state index is 0.00288. The summed E-state index contributed by atoms with van der Waals surface area (Å²) >= 11 is 0. The first-order valence-electron chi connectivity index (χ1n) is 10.2. The molecule has 3 rings (SSSR count). The lowest BCUT2D eigenvalue weighted by Crippen LogP contribution is -2.51. The molecule has 0 aromatic carbocycles. The van der Waals surface area contributed by atoms with Crippen LogP contribution in [0.25, 0.3) is 0 Å². The zero-order valence-electron chi connectivity index (χ0n) is 17.7. The van der Waals surface area contributed by atoms with Crippen LogP contribution in [0.3, 0.4) is 0 Å². The molecule has 1 saturated carbocycles. The van der Waals surface area contributed by atoms with Crippen LogP contribution < -0.4 is 21.3 Å². The van der Waals surface area contributed by atoms with E-state index in [0.29, 0.717) is 18.2 Å². The molecule has 1 aliphatic rings. The van der Waals surface area contributed by atoms with Crippen LogP contribution in [0, 0.1) is 10.8 Å². The van der Waals surface area contributed by atoms with Crippen molar-refractivity contribution in [2.45, 2.75) is 46.1 Å². The summed E-state index contributed by atoms with van der Waals surface area (Å²) in [7, 11) is 0. The van der Waals surface area contributed by atoms with E-state index in [1.807, 2.05) is 12.1 Å². The monoisotopic (exact) mass is 410 g/mol. The van der Waals surface area contributed by atoms with E-state index in [1.165, 1.54) is 0 Å². The molecule has 2 aromatic heterocycles. The van der Waals surface area contributed by atoms with Crippen LogP contribution in [0.2, 0.25) is 0 Å². The lowest BCUT2D eigenvalue weighted by molar-refractivity contribution is 0.0761. The lowest BCUT2D eigenvalue weighted by Gasteiger charge is -2.46. The Balaban J connectivity index is 1.56. The van der Waals surface area contributed by atoms with E-state index in [9.17, 15) is 9.59 Å². The van der Waals surface area contributed by atoms with E-state index in [0.717, 1.165) is 19.3 Å². The third-order valence-electron chi connectivity index (χ3n) is 5.27. The van der Waals surface area contributed by atoms with Gasteiger partial charge >= 0.3 is 12.1 Å². The lowest BCUT2D eigenvalue weighted by atomic mass is 9.62. The van der Waals surface area contributed by atoms with Crippen molar-refractivity contribution in [3.05, 3.63) is 48.8 Å². The molecular formula is C22H30N6O2. The maximum Gasteiger partial charge on any atom is 0.320 e. The summed E-state index contributed by atoms with van der Waals surface area (Å²) in [6.45, 7) is 7.06. The third kappa shape index (κ3) is 6.43. The van der Waals surface area contributed by atoms with Crippen LogP contribution in [0.1, 0.15) is 40.0 Å². The summed E-state index contributed by atoms with van der Waals surface area (Å²) in [5.74, 6) is 1.02. The Labute approximate surface area is 177 Å². The SMILES string of the molecule is CC1(C)C[C@@H](NC(=O)Nc2ccccn2)C[C@](C)(CNC(=O)Nc2ccccn2)C1. The Hall–Kier alpha value is -3.16. The second-order valence-electron chi connectivity index (χ2n) is 9.09. The molecule has 4 amide bonds. The number of nitrogens with one attached hydrogen (secondary N) is 4. The molecule has 8 nitrogen and oxygen atoms in total. The van der Waals surface area contributed by atoms with Gasteiger partial charge in [0.25, 0.3) is 0 Å². The maximum absolute atomic E-state index is 12.4. The molecule has 0 saturated heterocycles. The van der Waals surface area contributed by atoms with Gasteiger partial charge in [0.15, 0.2) is 0 Å². The topological polar surface area (TPSA) is 108 Å². The number of nitrogens with zero attached hydrogens (tertiary/aromatic N) is 2. The molecule has 2 heterocycles. The van der Waals surface area contributed by atoms with Gasteiger partial charge < -0.3 is 10.6 Å². The summed E-state index contributed by atoms with van der Waals surface area (Å²) < 4.78 is 0. The molecule has 0 bridgehead atoms. The van der Waals surface area contributed by atoms with E-state index < -0.39 is 0 Å². The molecule has 1 fully saturated rings. The predicted molar refractivity (Wildman–Crippen MR) is 117 cm³/mol. The summed E-state index contributed by atoms with van der Waals surface area (Å²) in [4.78, 5) is 32.9. The van der Waals surface area contributed by atoms with Crippen LogP contribution in [-0.4, -0.2) is 34.6 Å². The van der Waals surface area contributed by atoms with Crippen LogP contribution in [0.5, 0.6) is 0 Å². The van der Waals surface area contributed by atoms with E-state index in [1.54, 1.807) is 36.7 Å². The Morgan fingerprint density at radius 3 is 2.10 bits per heavy atom. The van der Waals surface area contributed by atoms with Gasteiger partial charge in [0, 0.05) is 25.0 Å². The number of anilines is 2. The quantitative estimate of drug-likeness (QED) is 0.597. The van der Waals surface area contributed by atoms with Crippen molar-refractivity contribution in [3.8, 4) is 0 Å². The van der Waals surface area contributed by atoms with Crippen LogP contribution >= 0.6 is 0 Å². The van der Waals surface area contributed by atoms with E-state index >= 15 is 0 Å². The number of amides is 4. The van der Waals surface area contributed by atoms with Crippen molar-refractivity contribution in [3.63, 3.8) is 0 Å². The van der Waals surface area contributed by atoms with Crippen LogP contribution in [0.4, 0.5) is 21.2 Å². The average Bonchev–Trinajstić information content (AvgIpc) is 2.66. The largest absolute Gasteiger partial charge is 0.337 e. The fourth-order valence-electron chi connectivity index (χ4n) is 4.54. The highest BCUT2D eigenvalue weighted by Gasteiger charge is 2.41. The molecule has 30 heavy (non-hydrogen) atoms. The highest BCUT2D eigenvalue weighted by molar-refractivity contribution is 5.88. The highest BCUT2D eigenvalue weighted by atomic mass is 16.2. The average molecular weight is 411 g/mol. The Morgan fingerprint density at radius 1 is 0.933 bits per heavy atom. The standard InChI is InChI=1S/C22H30N6O2/c1-21(2)12-16(26-20(30)28-18-9-5-7-11-24-18)13-22(3,14-21)15-25-19(29)27-17-8-4-6-10-23-17/h4-11,16H,12-15H2,1-3H3,(H2,23,25,27,29)(H2,24,26,28,30)/t16-,22+/m1/s1. The first-order valence-corrected chi connectivity index (χ1v) is 10.2. The normalized spacial score (nSPS) is 22.6. The zero-order valence-corrected chi connectivity index (χ0v) is 17.7. The van der Waals surface area contributed by atoms with Gasteiger partial charge in [-0.3, -0.25) is 10.6 Å². The van der Waals surface area contributed by atoms with Crippen molar-refractivity contribution < 1.29 is 9.59 Å². The van der Waals surface area contributed by atoms with Gasteiger partial charge in [0.1, 0.15) is 11.6 Å². The van der Waals surface area contributed by atoms with Gasteiger partial charge in [-0.2, -0.15) is 0 Å². The predicted octanol–water partition coefficient (Wildman–Crippen LogP) is 4.00. The number of urea groups is 2. The molecule has 1 aliphatic carbocycles. The first-order chi connectivity index (χ1) is 14.2. The second kappa shape index (κ2) is 9.11. The molecule has 0 aliphatic heterocycles. The molecule has 0 unspecified atom stereocenters. The summed E-state index contributed by atoms with van der Waals surface area (Å²) in [6.07, 6.45) is 5.86.